The molecule has 198 valence electrons. The van der Waals surface area contributed by atoms with Crippen LogP contribution in [-0.4, -0.2) is 72.6 Å². The Hall–Kier alpha value is -3.28. The van der Waals surface area contributed by atoms with Crippen molar-refractivity contribution in [1.29, 1.82) is 5.26 Å². The number of nitrogens with one attached hydrogen (secondary N) is 1. The molecule has 6 rings (SSSR count). The lowest BCUT2D eigenvalue weighted by atomic mass is 9.61. The maximum atomic E-state index is 14.3. The molecule has 2 aromatic rings. The normalized spacial score (nSPS) is 27.2. The van der Waals surface area contributed by atoms with Gasteiger partial charge in [-0.05, 0) is 68.8 Å². The zero-order valence-corrected chi connectivity index (χ0v) is 22.2. The van der Waals surface area contributed by atoms with Gasteiger partial charge < -0.3 is 19.9 Å². The SMILES string of the molecule is C=C1C[C@]2(CCc3c(nc(OC[C@@H]4CCCN4C)nc3N3CCN[C@@H](CC#N)C3)C2=O)Cc2ccccc21. The zero-order valence-electron chi connectivity index (χ0n) is 22.2. The Balaban J connectivity index is 1.36. The third-order valence-corrected chi connectivity index (χ3v) is 8.96. The van der Waals surface area contributed by atoms with Gasteiger partial charge in [-0.2, -0.15) is 15.2 Å². The standard InChI is InChI=1S/C30H36N6O2/c1-20-16-30(17-21-6-3-4-8-24(20)21)11-9-25-26(27(30)37)33-29(38-19-23-7-5-14-35(23)2)34-28(25)36-15-13-32-22(18-36)10-12-31/h3-4,6,8,22-23,32H,1,5,7,9-11,13-19H2,2H3/t22-,23-,30+/m0/s1. The molecule has 0 saturated carbocycles. The molecule has 3 heterocycles. The fourth-order valence-corrected chi connectivity index (χ4v) is 6.84. The van der Waals surface area contributed by atoms with Gasteiger partial charge in [0.25, 0.3) is 0 Å². The summed E-state index contributed by atoms with van der Waals surface area (Å²) in [5, 5.41) is 12.7. The highest BCUT2D eigenvalue weighted by atomic mass is 16.5. The smallest absolute Gasteiger partial charge is 0.319 e. The van der Waals surface area contributed by atoms with Gasteiger partial charge in [0.1, 0.15) is 18.1 Å². The number of anilines is 1. The molecular weight excluding hydrogens is 476 g/mol. The number of hydrogen-bond acceptors (Lipinski definition) is 8. The summed E-state index contributed by atoms with van der Waals surface area (Å²) >= 11 is 0. The molecule has 8 heteroatoms. The predicted molar refractivity (Wildman–Crippen MR) is 146 cm³/mol. The summed E-state index contributed by atoms with van der Waals surface area (Å²) in [6.45, 7) is 8.13. The average molecular weight is 513 g/mol. The number of likely N-dealkylation sites (tertiary alicyclic amines) is 1. The molecule has 1 N–H and O–H groups in total. The number of ketones is 1. The number of Topliss-reactive ketones (excluding diaryl/α,β-unsaturated/α-hetero) is 1. The third kappa shape index (κ3) is 4.48. The second kappa shape index (κ2) is 10.1. The summed E-state index contributed by atoms with van der Waals surface area (Å²) in [6, 6.07) is 11.3. The van der Waals surface area contributed by atoms with E-state index in [1.54, 1.807) is 0 Å². The van der Waals surface area contributed by atoms with Gasteiger partial charge in [-0.1, -0.05) is 30.8 Å². The quantitative estimate of drug-likeness (QED) is 0.651. The summed E-state index contributed by atoms with van der Waals surface area (Å²) in [5.74, 6) is 0.886. The number of nitriles is 1. The Kier molecular flexibility index (Phi) is 6.67. The van der Waals surface area contributed by atoms with Crippen molar-refractivity contribution in [2.45, 2.75) is 57.0 Å². The highest BCUT2D eigenvalue weighted by Gasteiger charge is 2.47. The third-order valence-electron chi connectivity index (χ3n) is 8.96. The molecule has 8 nitrogen and oxygen atoms in total. The van der Waals surface area contributed by atoms with E-state index in [-0.39, 0.29) is 17.8 Å². The minimum Gasteiger partial charge on any atom is -0.462 e. The largest absolute Gasteiger partial charge is 0.462 e. The van der Waals surface area contributed by atoms with E-state index < -0.39 is 5.41 Å². The van der Waals surface area contributed by atoms with E-state index in [0.29, 0.717) is 44.1 Å². The van der Waals surface area contributed by atoms with Crippen molar-refractivity contribution in [3.63, 3.8) is 0 Å². The van der Waals surface area contributed by atoms with Crippen LogP contribution in [0.3, 0.4) is 0 Å². The molecule has 0 bridgehead atoms. The molecular formula is C30H36N6O2. The maximum Gasteiger partial charge on any atom is 0.319 e. The Bertz CT molecular complexity index is 1300. The summed E-state index contributed by atoms with van der Waals surface area (Å²) in [5.41, 5.74) is 4.30. The van der Waals surface area contributed by atoms with Gasteiger partial charge >= 0.3 is 6.01 Å². The van der Waals surface area contributed by atoms with Crippen molar-refractivity contribution < 1.29 is 9.53 Å². The first kappa shape index (κ1) is 25.0. The lowest BCUT2D eigenvalue weighted by molar-refractivity contribution is 0.0747. The average Bonchev–Trinajstić information content (AvgIpc) is 3.34. The summed E-state index contributed by atoms with van der Waals surface area (Å²) in [6.07, 6.45) is 5.54. The minimum absolute atomic E-state index is 0.0691. The molecule has 2 fully saturated rings. The van der Waals surface area contributed by atoms with Crippen molar-refractivity contribution in [2.24, 2.45) is 5.41 Å². The Morgan fingerprint density at radius 3 is 2.95 bits per heavy atom. The van der Waals surface area contributed by atoms with Gasteiger partial charge in [0.15, 0.2) is 5.78 Å². The van der Waals surface area contributed by atoms with E-state index in [2.05, 4.69) is 46.9 Å². The van der Waals surface area contributed by atoms with E-state index in [1.165, 1.54) is 11.1 Å². The van der Waals surface area contributed by atoms with Crippen molar-refractivity contribution in [3.05, 3.63) is 53.2 Å². The Labute approximate surface area is 224 Å². The lowest BCUT2D eigenvalue weighted by Crippen LogP contribution is -2.51. The Morgan fingerprint density at radius 1 is 1.26 bits per heavy atom. The van der Waals surface area contributed by atoms with Crippen LogP contribution in [0.5, 0.6) is 6.01 Å². The highest BCUT2D eigenvalue weighted by molar-refractivity contribution is 6.04. The fourth-order valence-electron chi connectivity index (χ4n) is 6.84. The van der Waals surface area contributed by atoms with Crippen molar-refractivity contribution in [1.82, 2.24) is 20.2 Å². The first-order chi connectivity index (χ1) is 18.5. The number of aromatic nitrogens is 2. The number of likely N-dealkylation sites (N-methyl/N-ethyl adjacent to an activating group) is 1. The van der Waals surface area contributed by atoms with Gasteiger partial charge in [-0.25, -0.2) is 0 Å². The zero-order chi connectivity index (χ0) is 26.3. The molecule has 3 atom stereocenters. The second-order valence-corrected chi connectivity index (χ2v) is 11.4. The highest BCUT2D eigenvalue weighted by Crippen LogP contribution is 2.49. The number of fused-ring (bicyclic) bond motifs is 2. The monoisotopic (exact) mass is 512 g/mol. The Morgan fingerprint density at radius 2 is 2.13 bits per heavy atom. The summed E-state index contributed by atoms with van der Waals surface area (Å²) in [4.78, 5) is 28.6. The number of ether oxygens (including phenoxy) is 1. The molecule has 1 spiro atoms. The van der Waals surface area contributed by atoms with Gasteiger partial charge in [-0.3, -0.25) is 4.79 Å². The molecule has 4 aliphatic rings. The molecule has 0 amide bonds. The van der Waals surface area contributed by atoms with Crippen LogP contribution in [-0.2, 0) is 12.8 Å². The van der Waals surface area contributed by atoms with E-state index >= 15 is 0 Å². The number of rotatable bonds is 5. The molecule has 1 aromatic carbocycles. The van der Waals surface area contributed by atoms with Gasteiger partial charge in [0.05, 0.1) is 12.5 Å². The molecule has 0 radical (unpaired) electrons. The van der Waals surface area contributed by atoms with Crippen LogP contribution in [0.25, 0.3) is 5.57 Å². The molecule has 2 aliphatic heterocycles. The summed E-state index contributed by atoms with van der Waals surface area (Å²) in [7, 11) is 2.12. The van der Waals surface area contributed by atoms with Crippen LogP contribution in [0.2, 0.25) is 0 Å². The minimum atomic E-state index is -0.528. The fraction of sp³-hybridized carbons (Fsp3) is 0.533. The van der Waals surface area contributed by atoms with Crippen molar-refractivity contribution >= 4 is 17.2 Å². The van der Waals surface area contributed by atoms with Crippen molar-refractivity contribution in [3.8, 4) is 12.1 Å². The number of piperazine rings is 1. The number of allylic oxidation sites excluding steroid dienone is 1. The first-order valence-electron chi connectivity index (χ1n) is 13.9. The summed E-state index contributed by atoms with van der Waals surface area (Å²) < 4.78 is 6.21. The van der Waals surface area contributed by atoms with Crippen LogP contribution in [0.15, 0.2) is 30.8 Å². The van der Waals surface area contributed by atoms with E-state index in [1.807, 2.05) is 12.1 Å². The topological polar surface area (TPSA) is 94.4 Å². The molecule has 0 unspecified atom stereocenters. The number of hydrogen-bond donors (Lipinski definition) is 1. The number of nitrogens with zero attached hydrogens (tertiary/aromatic N) is 5. The van der Waals surface area contributed by atoms with Gasteiger partial charge in [0, 0.05) is 42.7 Å². The molecule has 1 aromatic heterocycles. The number of benzene rings is 1. The second-order valence-electron chi connectivity index (χ2n) is 11.4. The molecule has 2 saturated heterocycles. The van der Waals surface area contributed by atoms with Gasteiger partial charge in [0.2, 0.25) is 0 Å². The first-order valence-corrected chi connectivity index (χ1v) is 13.9. The van der Waals surface area contributed by atoms with Crippen molar-refractivity contribution in [2.75, 3.05) is 44.7 Å². The van der Waals surface area contributed by atoms with Crippen LogP contribution in [0, 0.1) is 16.7 Å². The number of carbonyl (C=O) groups is 1. The number of carbonyl (C=O) groups excluding carboxylic acids is 1. The van der Waals surface area contributed by atoms with Gasteiger partial charge in [-0.15, -0.1) is 0 Å². The predicted octanol–water partition coefficient (Wildman–Crippen LogP) is 3.42. The van der Waals surface area contributed by atoms with Crippen LogP contribution in [0.4, 0.5) is 5.82 Å². The van der Waals surface area contributed by atoms with E-state index in [9.17, 15) is 10.1 Å². The van der Waals surface area contributed by atoms with Crippen LogP contribution in [0.1, 0.15) is 59.3 Å². The molecule has 38 heavy (non-hydrogen) atoms. The maximum absolute atomic E-state index is 14.3. The van der Waals surface area contributed by atoms with Crippen LogP contribution >= 0.6 is 0 Å². The molecule has 2 aliphatic carbocycles. The lowest BCUT2D eigenvalue weighted by Gasteiger charge is -2.42. The van der Waals surface area contributed by atoms with E-state index in [0.717, 1.165) is 62.3 Å². The van der Waals surface area contributed by atoms with Crippen LogP contribution < -0.4 is 15.0 Å². The van der Waals surface area contributed by atoms with E-state index in [4.69, 9.17) is 14.7 Å².